The first-order valence-corrected chi connectivity index (χ1v) is 8.88. The van der Waals surface area contributed by atoms with Crippen LogP contribution in [0.3, 0.4) is 0 Å². The molecule has 0 spiro atoms. The number of amides is 1. The van der Waals surface area contributed by atoms with Crippen molar-refractivity contribution in [1.82, 2.24) is 4.57 Å². The van der Waals surface area contributed by atoms with Crippen LogP contribution in [0.2, 0.25) is 5.02 Å². The summed E-state index contributed by atoms with van der Waals surface area (Å²) in [5, 5.41) is 0.569. The molecule has 7 heteroatoms. The zero-order valence-electron chi connectivity index (χ0n) is 14.1. The SMILES string of the molecule is COC(=O)c1ccc2c(c1)sc(=NC(=O)/C=C/c1ccccc1Cl)n2C. The van der Waals surface area contributed by atoms with Gasteiger partial charge in [-0.05, 0) is 35.9 Å². The number of benzene rings is 2. The van der Waals surface area contributed by atoms with Gasteiger partial charge < -0.3 is 9.30 Å². The van der Waals surface area contributed by atoms with Crippen LogP contribution in [0.25, 0.3) is 16.3 Å². The zero-order chi connectivity index (χ0) is 18.7. The third kappa shape index (κ3) is 3.76. The number of methoxy groups -OCH3 is 1. The van der Waals surface area contributed by atoms with Crippen molar-refractivity contribution in [1.29, 1.82) is 0 Å². The molecule has 0 aliphatic carbocycles. The highest BCUT2D eigenvalue weighted by Crippen LogP contribution is 2.19. The predicted octanol–water partition coefficient (Wildman–Crippen LogP) is 3.82. The highest BCUT2D eigenvalue weighted by atomic mass is 35.5. The number of fused-ring (bicyclic) bond motifs is 1. The maximum Gasteiger partial charge on any atom is 0.337 e. The van der Waals surface area contributed by atoms with E-state index >= 15 is 0 Å². The van der Waals surface area contributed by atoms with Gasteiger partial charge in [-0.3, -0.25) is 4.79 Å². The van der Waals surface area contributed by atoms with E-state index in [4.69, 9.17) is 16.3 Å². The lowest BCUT2D eigenvalue weighted by atomic mass is 10.2. The average Bonchev–Trinajstić information content (AvgIpc) is 2.95. The van der Waals surface area contributed by atoms with Gasteiger partial charge in [0.15, 0.2) is 4.80 Å². The van der Waals surface area contributed by atoms with Gasteiger partial charge in [-0.2, -0.15) is 4.99 Å². The molecular formula is C19H15ClN2O3S. The zero-order valence-corrected chi connectivity index (χ0v) is 15.7. The van der Waals surface area contributed by atoms with E-state index in [1.54, 1.807) is 30.3 Å². The first kappa shape index (κ1) is 18.1. The lowest BCUT2D eigenvalue weighted by Crippen LogP contribution is -2.12. The Bertz CT molecular complexity index is 1100. The van der Waals surface area contributed by atoms with Gasteiger partial charge in [0.05, 0.1) is 22.9 Å². The van der Waals surface area contributed by atoms with E-state index in [1.165, 1.54) is 24.5 Å². The Morgan fingerprint density at radius 3 is 2.73 bits per heavy atom. The smallest absolute Gasteiger partial charge is 0.337 e. The van der Waals surface area contributed by atoms with Crippen molar-refractivity contribution >= 4 is 51.1 Å². The molecule has 1 heterocycles. The molecule has 5 nitrogen and oxygen atoms in total. The second-order valence-electron chi connectivity index (χ2n) is 5.42. The number of esters is 1. The van der Waals surface area contributed by atoms with E-state index in [0.29, 0.717) is 15.4 Å². The topological polar surface area (TPSA) is 60.7 Å². The number of aromatic nitrogens is 1. The molecule has 1 aromatic heterocycles. The summed E-state index contributed by atoms with van der Waals surface area (Å²) in [4.78, 5) is 28.5. The number of carbonyl (C=O) groups is 2. The van der Waals surface area contributed by atoms with Gasteiger partial charge in [-0.1, -0.05) is 41.1 Å². The molecule has 3 aromatic rings. The molecule has 26 heavy (non-hydrogen) atoms. The Hall–Kier alpha value is -2.70. The number of hydrogen-bond acceptors (Lipinski definition) is 4. The monoisotopic (exact) mass is 386 g/mol. The van der Waals surface area contributed by atoms with Crippen LogP contribution in [0.1, 0.15) is 15.9 Å². The third-order valence-electron chi connectivity index (χ3n) is 3.75. The molecule has 2 aromatic carbocycles. The van der Waals surface area contributed by atoms with Crippen LogP contribution >= 0.6 is 22.9 Å². The van der Waals surface area contributed by atoms with E-state index in [-0.39, 0.29) is 5.91 Å². The molecule has 0 bridgehead atoms. The largest absolute Gasteiger partial charge is 0.465 e. The summed E-state index contributed by atoms with van der Waals surface area (Å²) in [6, 6.07) is 12.5. The summed E-state index contributed by atoms with van der Waals surface area (Å²) in [6.45, 7) is 0. The molecule has 0 saturated carbocycles. The van der Waals surface area contributed by atoms with Gasteiger partial charge in [-0.25, -0.2) is 4.79 Å². The Labute approximate surface area is 158 Å². The van der Waals surface area contributed by atoms with Crippen LogP contribution in [-0.2, 0) is 16.6 Å². The molecule has 0 aliphatic heterocycles. The minimum atomic E-state index is -0.403. The lowest BCUT2D eigenvalue weighted by Gasteiger charge is -1.99. The molecule has 3 rings (SSSR count). The first-order valence-electron chi connectivity index (χ1n) is 7.69. The van der Waals surface area contributed by atoms with Crippen LogP contribution < -0.4 is 4.80 Å². The van der Waals surface area contributed by atoms with Gasteiger partial charge >= 0.3 is 5.97 Å². The number of hydrogen-bond donors (Lipinski definition) is 0. The minimum Gasteiger partial charge on any atom is -0.465 e. The molecule has 0 aliphatic rings. The fourth-order valence-corrected chi connectivity index (χ4v) is 3.65. The van der Waals surface area contributed by atoms with Gasteiger partial charge in [0.2, 0.25) is 0 Å². The number of aryl methyl sites for hydroxylation is 1. The summed E-state index contributed by atoms with van der Waals surface area (Å²) in [5.41, 5.74) is 2.09. The highest BCUT2D eigenvalue weighted by molar-refractivity contribution is 7.16. The summed E-state index contributed by atoms with van der Waals surface area (Å²) in [6.07, 6.45) is 3.02. The van der Waals surface area contributed by atoms with Crippen LogP contribution in [0, 0.1) is 0 Å². The van der Waals surface area contributed by atoms with Gasteiger partial charge in [0, 0.05) is 18.1 Å². The second-order valence-corrected chi connectivity index (χ2v) is 6.84. The second kappa shape index (κ2) is 7.68. The Morgan fingerprint density at radius 1 is 1.23 bits per heavy atom. The number of ether oxygens (including phenoxy) is 1. The van der Waals surface area contributed by atoms with Gasteiger partial charge in [-0.15, -0.1) is 0 Å². The van der Waals surface area contributed by atoms with Crippen LogP contribution in [0.4, 0.5) is 0 Å². The average molecular weight is 387 g/mol. The van der Waals surface area contributed by atoms with Crippen LogP contribution in [-0.4, -0.2) is 23.6 Å². The van der Waals surface area contributed by atoms with E-state index in [0.717, 1.165) is 15.8 Å². The molecule has 0 saturated heterocycles. The first-order chi connectivity index (χ1) is 12.5. The summed E-state index contributed by atoms with van der Waals surface area (Å²) in [5.74, 6) is -0.791. The van der Waals surface area contributed by atoms with E-state index < -0.39 is 5.97 Å². The predicted molar refractivity (Wildman–Crippen MR) is 103 cm³/mol. The van der Waals surface area contributed by atoms with Crippen molar-refractivity contribution < 1.29 is 14.3 Å². The standard InChI is InChI=1S/C19H15ClN2O3S/c1-22-15-9-7-13(18(24)25-2)11-16(15)26-19(22)21-17(23)10-8-12-5-3-4-6-14(12)20/h3-11H,1-2H3/b10-8+,21-19?. The molecule has 0 N–H and O–H groups in total. The maximum atomic E-state index is 12.2. The van der Waals surface area contributed by atoms with Crippen molar-refractivity contribution in [2.24, 2.45) is 12.0 Å². The summed E-state index contributed by atoms with van der Waals surface area (Å²) < 4.78 is 7.38. The Kier molecular flexibility index (Phi) is 5.35. The maximum absolute atomic E-state index is 12.2. The molecule has 0 atom stereocenters. The Morgan fingerprint density at radius 2 is 2.00 bits per heavy atom. The Balaban J connectivity index is 1.94. The molecule has 0 radical (unpaired) electrons. The molecule has 1 amide bonds. The quantitative estimate of drug-likeness (QED) is 0.508. The summed E-state index contributed by atoms with van der Waals surface area (Å²) >= 11 is 7.39. The fraction of sp³-hybridized carbons (Fsp3) is 0.105. The minimum absolute atomic E-state index is 0.389. The van der Waals surface area contributed by atoms with Crippen molar-refractivity contribution in [3.63, 3.8) is 0 Å². The van der Waals surface area contributed by atoms with Gasteiger partial charge in [0.25, 0.3) is 5.91 Å². The van der Waals surface area contributed by atoms with Crippen LogP contribution in [0.15, 0.2) is 53.5 Å². The number of nitrogens with zero attached hydrogens (tertiary/aromatic N) is 2. The molecule has 0 fully saturated rings. The molecule has 132 valence electrons. The van der Waals surface area contributed by atoms with Crippen molar-refractivity contribution in [2.45, 2.75) is 0 Å². The van der Waals surface area contributed by atoms with E-state index in [9.17, 15) is 9.59 Å². The molecule has 0 unspecified atom stereocenters. The van der Waals surface area contributed by atoms with Crippen molar-refractivity contribution in [3.8, 4) is 0 Å². The normalized spacial score (nSPS) is 12.0. The van der Waals surface area contributed by atoms with Crippen molar-refractivity contribution in [2.75, 3.05) is 7.11 Å². The molecular weight excluding hydrogens is 372 g/mol. The van der Waals surface area contributed by atoms with Crippen molar-refractivity contribution in [3.05, 3.63) is 69.5 Å². The van der Waals surface area contributed by atoms with E-state index in [2.05, 4.69) is 4.99 Å². The number of carbonyl (C=O) groups excluding carboxylic acids is 2. The summed E-state index contributed by atoms with van der Waals surface area (Å²) in [7, 11) is 3.16. The fourth-order valence-electron chi connectivity index (χ4n) is 2.39. The van der Waals surface area contributed by atoms with Gasteiger partial charge in [0.1, 0.15) is 0 Å². The number of rotatable bonds is 3. The number of thiazole rings is 1. The van der Waals surface area contributed by atoms with E-state index in [1.807, 2.05) is 29.8 Å². The van der Waals surface area contributed by atoms with Crippen LogP contribution in [0.5, 0.6) is 0 Å². The lowest BCUT2D eigenvalue weighted by molar-refractivity contribution is -0.113. The number of halogens is 1. The third-order valence-corrected chi connectivity index (χ3v) is 5.19. The highest BCUT2D eigenvalue weighted by Gasteiger charge is 2.09.